The number of anilines is 1. The maximum atomic E-state index is 12.4. The van der Waals surface area contributed by atoms with E-state index in [2.05, 4.69) is 10.4 Å². The number of rotatable bonds is 4. The summed E-state index contributed by atoms with van der Waals surface area (Å²) in [5.74, 6) is -0.646. The van der Waals surface area contributed by atoms with E-state index in [-0.39, 0.29) is 18.1 Å². The Labute approximate surface area is 155 Å². The number of likely N-dealkylation sites (tertiary alicyclic amines) is 1. The van der Waals surface area contributed by atoms with E-state index in [0.29, 0.717) is 23.8 Å². The van der Waals surface area contributed by atoms with Gasteiger partial charge in [-0.3, -0.25) is 14.4 Å². The predicted molar refractivity (Wildman–Crippen MR) is 98.5 cm³/mol. The molecule has 0 bridgehead atoms. The SMILES string of the molecule is Cc1ccc(NC(=O)Cn2nc(C(=O)N3CCCC3)ccc2=O)cc1Cl. The third-order valence-corrected chi connectivity index (χ3v) is 4.64. The van der Waals surface area contributed by atoms with Crippen LogP contribution in [0.5, 0.6) is 0 Å². The largest absolute Gasteiger partial charge is 0.337 e. The van der Waals surface area contributed by atoms with Gasteiger partial charge < -0.3 is 10.2 Å². The van der Waals surface area contributed by atoms with Crippen LogP contribution in [0.15, 0.2) is 35.1 Å². The number of aromatic nitrogens is 2. The number of aryl methyl sites for hydroxylation is 1. The van der Waals surface area contributed by atoms with Gasteiger partial charge in [0.2, 0.25) is 5.91 Å². The van der Waals surface area contributed by atoms with Gasteiger partial charge in [-0.1, -0.05) is 17.7 Å². The molecule has 1 aliphatic rings. The molecule has 0 aliphatic carbocycles. The van der Waals surface area contributed by atoms with Gasteiger partial charge in [-0.15, -0.1) is 0 Å². The fourth-order valence-corrected chi connectivity index (χ4v) is 2.95. The van der Waals surface area contributed by atoms with E-state index in [1.807, 2.05) is 6.92 Å². The highest BCUT2D eigenvalue weighted by Crippen LogP contribution is 2.19. The van der Waals surface area contributed by atoms with Crippen molar-refractivity contribution >= 4 is 29.1 Å². The van der Waals surface area contributed by atoms with Crippen molar-refractivity contribution in [3.63, 3.8) is 0 Å². The van der Waals surface area contributed by atoms with Crippen molar-refractivity contribution in [3.8, 4) is 0 Å². The zero-order valence-electron chi connectivity index (χ0n) is 14.4. The number of nitrogens with one attached hydrogen (secondary N) is 1. The second kappa shape index (κ2) is 7.70. The third-order valence-electron chi connectivity index (χ3n) is 4.23. The summed E-state index contributed by atoms with van der Waals surface area (Å²) in [4.78, 5) is 38.3. The molecule has 2 aromatic rings. The smallest absolute Gasteiger partial charge is 0.274 e. The number of nitrogens with zero attached hydrogens (tertiary/aromatic N) is 3. The highest BCUT2D eigenvalue weighted by molar-refractivity contribution is 6.31. The van der Waals surface area contributed by atoms with Gasteiger partial charge in [0.1, 0.15) is 12.2 Å². The van der Waals surface area contributed by atoms with Crippen molar-refractivity contribution in [1.82, 2.24) is 14.7 Å². The van der Waals surface area contributed by atoms with Crippen LogP contribution in [0.1, 0.15) is 28.9 Å². The van der Waals surface area contributed by atoms with Crippen molar-refractivity contribution in [2.45, 2.75) is 26.3 Å². The fraction of sp³-hybridized carbons (Fsp3) is 0.333. The van der Waals surface area contributed by atoms with E-state index >= 15 is 0 Å². The van der Waals surface area contributed by atoms with Crippen molar-refractivity contribution in [2.24, 2.45) is 0 Å². The summed E-state index contributed by atoms with van der Waals surface area (Å²) < 4.78 is 0.994. The van der Waals surface area contributed by atoms with Crippen LogP contribution in [0, 0.1) is 6.92 Å². The predicted octanol–water partition coefficient (Wildman–Crippen LogP) is 2.08. The van der Waals surface area contributed by atoms with Gasteiger partial charge in [-0.25, -0.2) is 4.68 Å². The normalized spacial score (nSPS) is 13.7. The molecule has 8 heteroatoms. The van der Waals surface area contributed by atoms with Crippen LogP contribution in [0.3, 0.4) is 0 Å². The summed E-state index contributed by atoms with van der Waals surface area (Å²) in [6.07, 6.45) is 1.93. The first-order valence-electron chi connectivity index (χ1n) is 8.37. The summed E-state index contributed by atoms with van der Waals surface area (Å²) in [5, 5.41) is 7.27. The molecule has 0 atom stereocenters. The summed E-state index contributed by atoms with van der Waals surface area (Å²) >= 11 is 6.04. The second-order valence-corrected chi connectivity index (χ2v) is 6.63. The minimum absolute atomic E-state index is 0.165. The minimum Gasteiger partial charge on any atom is -0.337 e. The Morgan fingerprint density at radius 3 is 2.62 bits per heavy atom. The Morgan fingerprint density at radius 2 is 1.92 bits per heavy atom. The van der Waals surface area contributed by atoms with Gasteiger partial charge in [-0.2, -0.15) is 5.10 Å². The first-order valence-corrected chi connectivity index (χ1v) is 8.75. The first-order chi connectivity index (χ1) is 12.4. The first kappa shape index (κ1) is 18.1. The summed E-state index contributed by atoms with van der Waals surface area (Å²) in [5.41, 5.74) is 1.15. The lowest BCUT2D eigenvalue weighted by atomic mass is 10.2. The Balaban J connectivity index is 1.73. The van der Waals surface area contributed by atoms with E-state index in [1.54, 1.807) is 23.1 Å². The third kappa shape index (κ3) is 4.11. The maximum Gasteiger partial charge on any atom is 0.274 e. The number of carbonyl (C=O) groups is 2. The van der Waals surface area contributed by atoms with Crippen LogP contribution in [0.25, 0.3) is 0 Å². The number of hydrogen-bond acceptors (Lipinski definition) is 4. The molecular formula is C18H19ClN4O3. The van der Waals surface area contributed by atoms with Gasteiger partial charge in [0.05, 0.1) is 0 Å². The molecule has 3 rings (SSSR count). The summed E-state index contributed by atoms with van der Waals surface area (Å²) in [6, 6.07) is 7.81. The van der Waals surface area contributed by atoms with Gasteiger partial charge in [0, 0.05) is 29.9 Å². The molecule has 0 unspecified atom stereocenters. The zero-order valence-corrected chi connectivity index (χ0v) is 15.1. The number of benzene rings is 1. The topological polar surface area (TPSA) is 84.3 Å². The molecule has 0 saturated carbocycles. The van der Waals surface area contributed by atoms with Crippen molar-refractivity contribution < 1.29 is 9.59 Å². The average Bonchev–Trinajstić information content (AvgIpc) is 3.14. The Bertz CT molecular complexity index is 904. The lowest BCUT2D eigenvalue weighted by molar-refractivity contribution is -0.117. The number of amides is 2. The van der Waals surface area contributed by atoms with Crippen LogP contribution in [-0.4, -0.2) is 39.6 Å². The van der Waals surface area contributed by atoms with Gasteiger partial charge >= 0.3 is 0 Å². The molecule has 1 N–H and O–H groups in total. The molecule has 1 aliphatic heterocycles. The quantitative estimate of drug-likeness (QED) is 0.888. The minimum atomic E-state index is -0.444. The number of halogens is 1. The van der Waals surface area contributed by atoms with E-state index < -0.39 is 11.5 Å². The molecule has 1 fully saturated rings. The van der Waals surface area contributed by atoms with Crippen molar-refractivity contribution in [1.29, 1.82) is 0 Å². The second-order valence-electron chi connectivity index (χ2n) is 6.23. The van der Waals surface area contributed by atoms with Crippen LogP contribution in [-0.2, 0) is 11.3 Å². The zero-order chi connectivity index (χ0) is 18.7. The van der Waals surface area contributed by atoms with E-state index in [9.17, 15) is 14.4 Å². The van der Waals surface area contributed by atoms with E-state index in [4.69, 9.17) is 11.6 Å². The Kier molecular flexibility index (Phi) is 5.37. The maximum absolute atomic E-state index is 12.4. The number of carbonyl (C=O) groups excluding carboxylic acids is 2. The fourth-order valence-electron chi connectivity index (χ4n) is 2.77. The molecule has 7 nitrogen and oxygen atoms in total. The molecule has 0 radical (unpaired) electrons. The Morgan fingerprint density at radius 1 is 1.19 bits per heavy atom. The molecule has 2 amide bonds. The monoisotopic (exact) mass is 374 g/mol. The summed E-state index contributed by atoms with van der Waals surface area (Å²) in [6.45, 7) is 2.95. The van der Waals surface area contributed by atoms with Gasteiger partial charge in [0.25, 0.3) is 11.5 Å². The van der Waals surface area contributed by atoms with Crippen LogP contribution < -0.4 is 10.9 Å². The molecule has 136 valence electrons. The van der Waals surface area contributed by atoms with E-state index in [0.717, 1.165) is 23.1 Å². The molecular weight excluding hydrogens is 356 g/mol. The van der Waals surface area contributed by atoms with Gasteiger partial charge in [-0.05, 0) is 43.5 Å². The van der Waals surface area contributed by atoms with Crippen LogP contribution in [0.2, 0.25) is 5.02 Å². The molecule has 1 saturated heterocycles. The molecule has 0 spiro atoms. The van der Waals surface area contributed by atoms with E-state index in [1.165, 1.54) is 12.1 Å². The lowest BCUT2D eigenvalue weighted by Crippen LogP contribution is -2.34. The molecule has 2 heterocycles. The van der Waals surface area contributed by atoms with Gasteiger partial charge in [0.15, 0.2) is 0 Å². The van der Waals surface area contributed by atoms with Crippen molar-refractivity contribution in [3.05, 3.63) is 57.0 Å². The summed E-state index contributed by atoms with van der Waals surface area (Å²) in [7, 11) is 0. The molecule has 1 aromatic heterocycles. The van der Waals surface area contributed by atoms with Crippen LogP contribution in [0.4, 0.5) is 5.69 Å². The Hall–Kier alpha value is -2.67. The van der Waals surface area contributed by atoms with Crippen molar-refractivity contribution in [2.75, 3.05) is 18.4 Å². The lowest BCUT2D eigenvalue weighted by Gasteiger charge is -2.15. The average molecular weight is 375 g/mol. The van der Waals surface area contributed by atoms with Crippen LogP contribution >= 0.6 is 11.6 Å². The molecule has 1 aromatic carbocycles. The highest BCUT2D eigenvalue weighted by Gasteiger charge is 2.21. The highest BCUT2D eigenvalue weighted by atomic mass is 35.5. The number of hydrogen-bond donors (Lipinski definition) is 1. The standard InChI is InChI=1S/C18H19ClN4O3/c1-12-4-5-13(10-14(12)19)20-16(24)11-23-17(25)7-6-15(21-23)18(26)22-8-2-3-9-22/h4-7,10H,2-3,8-9,11H2,1H3,(H,20,24). The molecule has 26 heavy (non-hydrogen) atoms.